The predicted molar refractivity (Wildman–Crippen MR) is 135 cm³/mol. The molecule has 1 saturated heterocycles. The lowest BCUT2D eigenvalue weighted by Crippen LogP contribution is -2.43. The lowest BCUT2D eigenvalue weighted by atomic mass is 9.97. The molecule has 1 aromatic rings. The summed E-state index contributed by atoms with van der Waals surface area (Å²) in [6.07, 6.45) is 4.91. The number of thioether (sulfide) groups is 1. The second kappa shape index (κ2) is 14.9. The van der Waals surface area contributed by atoms with E-state index in [4.69, 9.17) is 5.73 Å². The summed E-state index contributed by atoms with van der Waals surface area (Å²) in [5.41, 5.74) is 7.49. The number of nitrogens with two attached hydrogens (primary N) is 1. The molecule has 0 aromatic heterocycles. The number of nitrogens with zero attached hydrogens (tertiary/aromatic N) is 2. The second-order valence-electron chi connectivity index (χ2n) is 7.36. The Balaban J connectivity index is 0.00000450. The van der Waals surface area contributed by atoms with E-state index in [1.807, 2.05) is 19.2 Å². The number of piperidine rings is 1. The van der Waals surface area contributed by atoms with Gasteiger partial charge in [0.15, 0.2) is 5.96 Å². The van der Waals surface area contributed by atoms with Crippen molar-refractivity contribution in [3.05, 3.63) is 35.1 Å². The Morgan fingerprint density at radius 3 is 2.87 bits per heavy atom. The molecule has 0 bridgehead atoms. The fraction of sp³-hybridized carbons (Fsp3) is 0.619. The van der Waals surface area contributed by atoms with Gasteiger partial charge in [0.1, 0.15) is 5.82 Å². The third-order valence-corrected chi connectivity index (χ3v) is 5.67. The van der Waals surface area contributed by atoms with Gasteiger partial charge in [-0.25, -0.2) is 9.38 Å². The van der Waals surface area contributed by atoms with Gasteiger partial charge in [0.2, 0.25) is 5.91 Å². The van der Waals surface area contributed by atoms with Crippen LogP contribution in [0.25, 0.3) is 0 Å². The lowest BCUT2D eigenvalue weighted by Gasteiger charge is -2.31. The first-order chi connectivity index (χ1) is 14.0. The maximum atomic E-state index is 13.5. The number of primary amides is 1. The summed E-state index contributed by atoms with van der Waals surface area (Å²) in [5.74, 6) is 1.14. The summed E-state index contributed by atoms with van der Waals surface area (Å²) >= 11 is 1.67. The summed E-state index contributed by atoms with van der Waals surface area (Å²) in [4.78, 5) is 18.4. The lowest BCUT2D eigenvalue weighted by molar-refractivity contribution is -0.123. The van der Waals surface area contributed by atoms with Crippen molar-refractivity contribution in [3.8, 4) is 0 Å². The van der Waals surface area contributed by atoms with Gasteiger partial charge in [0.05, 0.1) is 12.5 Å². The number of guanidine groups is 1. The van der Waals surface area contributed by atoms with Gasteiger partial charge in [0.25, 0.3) is 0 Å². The minimum Gasteiger partial charge on any atom is -0.369 e. The number of halogens is 2. The molecule has 30 heavy (non-hydrogen) atoms. The minimum absolute atomic E-state index is 0. The molecule has 1 amide bonds. The summed E-state index contributed by atoms with van der Waals surface area (Å²) < 4.78 is 13.5. The van der Waals surface area contributed by atoms with Crippen molar-refractivity contribution in [2.45, 2.75) is 38.5 Å². The van der Waals surface area contributed by atoms with Gasteiger partial charge in [-0.1, -0.05) is 6.07 Å². The molecule has 1 unspecified atom stereocenters. The largest absolute Gasteiger partial charge is 0.369 e. The Morgan fingerprint density at radius 1 is 1.37 bits per heavy atom. The van der Waals surface area contributed by atoms with E-state index < -0.39 is 0 Å². The van der Waals surface area contributed by atoms with Crippen molar-refractivity contribution in [1.29, 1.82) is 0 Å². The Labute approximate surface area is 201 Å². The highest BCUT2D eigenvalue weighted by molar-refractivity contribution is 14.0. The molecule has 1 fully saturated rings. The molecule has 2 rings (SSSR count). The SMILES string of the molecule is CCNC(=NCc1ccc(F)cc1CSC)NCCCN1CCCC(C(N)=O)C1.I. The third-order valence-electron chi connectivity index (χ3n) is 5.07. The molecule has 1 aliphatic heterocycles. The van der Waals surface area contributed by atoms with E-state index in [1.54, 1.807) is 17.8 Å². The average molecular weight is 552 g/mol. The van der Waals surface area contributed by atoms with Gasteiger partial charge in [-0.3, -0.25) is 4.79 Å². The number of hydrogen-bond donors (Lipinski definition) is 3. The van der Waals surface area contributed by atoms with Crippen LogP contribution in [-0.4, -0.2) is 55.7 Å². The van der Waals surface area contributed by atoms with E-state index in [2.05, 4.69) is 20.5 Å². The molecule has 1 aromatic carbocycles. The zero-order valence-electron chi connectivity index (χ0n) is 18.0. The number of carbonyl (C=O) groups excluding carboxylic acids is 1. The van der Waals surface area contributed by atoms with E-state index in [0.29, 0.717) is 6.54 Å². The van der Waals surface area contributed by atoms with Crippen LogP contribution in [0.2, 0.25) is 0 Å². The fourth-order valence-electron chi connectivity index (χ4n) is 3.54. The number of hydrogen-bond acceptors (Lipinski definition) is 4. The number of carbonyl (C=O) groups is 1. The highest BCUT2D eigenvalue weighted by Gasteiger charge is 2.23. The average Bonchev–Trinajstić information content (AvgIpc) is 2.70. The molecule has 170 valence electrons. The maximum absolute atomic E-state index is 13.5. The van der Waals surface area contributed by atoms with Crippen molar-refractivity contribution in [2.24, 2.45) is 16.6 Å². The number of aliphatic imine (C=N–C) groups is 1. The van der Waals surface area contributed by atoms with Crippen LogP contribution >= 0.6 is 35.7 Å². The Bertz CT molecular complexity index is 691. The molecule has 4 N–H and O–H groups in total. The highest BCUT2D eigenvalue weighted by atomic mass is 127. The van der Waals surface area contributed by atoms with Crippen LogP contribution in [-0.2, 0) is 17.1 Å². The van der Waals surface area contributed by atoms with Gasteiger partial charge in [-0.2, -0.15) is 11.8 Å². The molecule has 6 nitrogen and oxygen atoms in total. The topological polar surface area (TPSA) is 82.8 Å². The van der Waals surface area contributed by atoms with Crippen LogP contribution < -0.4 is 16.4 Å². The zero-order valence-corrected chi connectivity index (χ0v) is 21.1. The minimum atomic E-state index is -0.205. The predicted octanol–water partition coefficient (Wildman–Crippen LogP) is 2.95. The first kappa shape index (κ1) is 27.0. The Hall–Kier alpha value is -1.07. The monoisotopic (exact) mass is 551 g/mol. The molecule has 1 heterocycles. The summed E-state index contributed by atoms with van der Waals surface area (Å²) in [5, 5.41) is 6.63. The summed E-state index contributed by atoms with van der Waals surface area (Å²) in [6.45, 7) is 6.85. The molecular weight excluding hydrogens is 516 g/mol. The maximum Gasteiger partial charge on any atom is 0.221 e. The van der Waals surface area contributed by atoms with Crippen molar-refractivity contribution in [3.63, 3.8) is 0 Å². The van der Waals surface area contributed by atoms with E-state index in [1.165, 1.54) is 6.07 Å². The number of nitrogens with one attached hydrogen (secondary N) is 2. The Kier molecular flexibility index (Phi) is 13.3. The van der Waals surface area contributed by atoms with Gasteiger partial charge >= 0.3 is 0 Å². The number of amides is 1. The first-order valence-corrected chi connectivity index (χ1v) is 11.7. The molecule has 0 saturated carbocycles. The number of benzene rings is 1. The van der Waals surface area contributed by atoms with Crippen LogP contribution in [0.5, 0.6) is 0 Å². The van der Waals surface area contributed by atoms with Gasteiger partial charge < -0.3 is 21.3 Å². The molecule has 9 heteroatoms. The normalized spacial score (nSPS) is 17.3. The quantitative estimate of drug-likeness (QED) is 0.180. The smallest absolute Gasteiger partial charge is 0.221 e. The molecule has 1 atom stereocenters. The van der Waals surface area contributed by atoms with Crippen LogP contribution in [0, 0.1) is 11.7 Å². The highest BCUT2D eigenvalue weighted by Crippen LogP contribution is 2.18. The van der Waals surface area contributed by atoms with Crippen LogP contribution in [0.3, 0.4) is 0 Å². The van der Waals surface area contributed by atoms with Gasteiger partial charge in [-0.15, -0.1) is 24.0 Å². The number of rotatable bonds is 10. The molecule has 0 radical (unpaired) electrons. The zero-order chi connectivity index (χ0) is 21.1. The molecule has 1 aliphatic rings. The summed E-state index contributed by atoms with van der Waals surface area (Å²) in [7, 11) is 0. The molecular formula is C21H35FIN5OS. The summed E-state index contributed by atoms with van der Waals surface area (Å²) in [6, 6.07) is 4.91. The standard InChI is InChI=1S/C21H34FN5OS.HI/c1-3-24-21(26-13-16-7-8-19(22)12-18(16)15-29-2)25-9-5-11-27-10-4-6-17(14-27)20(23)28;/h7-8,12,17H,3-6,9-11,13-15H2,1-2H3,(H2,23,28)(H2,24,25,26);1H. The van der Waals surface area contributed by atoms with E-state index in [-0.39, 0.29) is 41.6 Å². The van der Waals surface area contributed by atoms with E-state index in [0.717, 1.165) is 74.8 Å². The Morgan fingerprint density at radius 2 is 2.17 bits per heavy atom. The van der Waals surface area contributed by atoms with Crippen LogP contribution in [0.15, 0.2) is 23.2 Å². The van der Waals surface area contributed by atoms with Crippen LogP contribution in [0.4, 0.5) is 4.39 Å². The van der Waals surface area contributed by atoms with Crippen molar-refractivity contribution in [2.75, 3.05) is 39.0 Å². The van der Waals surface area contributed by atoms with Crippen molar-refractivity contribution in [1.82, 2.24) is 15.5 Å². The first-order valence-electron chi connectivity index (χ1n) is 10.3. The molecule has 0 aliphatic carbocycles. The van der Waals surface area contributed by atoms with Crippen molar-refractivity contribution >= 4 is 47.6 Å². The van der Waals surface area contributed by atoms with E-state index >= 15 is 0 Å². The van der Waals surface area contributed by atoms with Gasteiger partial charge in [-0.05, 0) is 68.8 Å². The molecule has 0 spiro atoms. The second-order valence-corrected chi connectivity index (χ2v) is 8.23. The van der Waals surface area contributed by atoms with Crippen LogP contribution in [0.1, 0.15) is 37.3 Å². The van der Waals surface area contributed by atoms with E-state index in [9.17, 15) is 9.18 Å². The fourth-order valence-corrected chi connectivity index (χ4v) is 4.12. The number of likely N-dealkylation sites (tertiary alicyclic amines) is 1. The van der Waals surface area contributed by atoms with Gasteiger partial charge in [0, 0.05) is 25.4 Å². The van der Waals surface area contributed by atoms with Crippen molar-refractivity contribution < 1.29 is 9.18 Å². The third kappa shape index (κ3) is 9.38.